The van der Waals surface area contributed by atoms with E-state index in [0.29, 0.717) is 6.42 Å². The first-order valence-corrected chi connectivity index (χ1v) is 5.16. The molecule has 1 rings (SSSR count). The number of amidine groups is 1. The molecule has 1 aromatic heterocycles. The third-order valence-electron chi connectivity index (χ3n) is 1.51. The number of rotatable bonds is 5. The predicted molar refractivity (Wildman–Crippen MR) is 55.4 cm³/mol. The minimum absolute atomic E-state index is 0.272. The van der Waals surface area contributed by atoms with Gasteiger partial charge in [0.25, 0.3) is 0 Å². The molecular formula is C8H12N4OS. The van der Waals surface area contributed by atoms with Gasteiger partial charge in [-0.05, 0) is 18.2 Å². The Morgan fingerprint density at radius 1 is 1.64 bits per heavy atom. The number of thioether (sulfide) groups is 1. The lowest BCUT2D eigenvalue weighted by Crippen LogP contribution is -2.11. The van der Waals surface area contributed by atoms with Gasteiger partial charge in [-0.15, -0.1) is 11.8 Å². The van der Waals surface area contributed by atoms with E-state index in [1.807, 2.05) is 6.07 Å². The summed E-state index contributed by atoms with van der Waals surface area (Å²) in [6.07, 6.45) is 4.70. The topological polar surface area (TPSA) is 84.4 Å². The summed E-state index contributed by atoms with van der Waals surface area (Å²) in [6, 6.07) is 1.86. The molecule has 0 saturated heterocycles. The van der Waals surface area contributed by atoms with Crippen LogP contribution in [0.2, 0.25) is 0 Å². The summed E-state index contributed by atoms with van der Waals surface area (Å²) in [6.45, 7) is 0. The second kappa shape index (κ2) is 6.20. The van der Waals surface area contributed by atoms with Crippen molar-refractivity contribution in [2.75, 3.05) is 5.75 Å². The number of nitrogens with zero attached hydrogens (tertiary/aromatic N) is 3. The molecule has 5 nitrogen and oxygen atoms in total. The molecule has 0 aromatic carbocycles. The molecule has 3 N–H and O–H groups in total. The molecule has 0 saturated carbocycles. The molecule has 0 atom stereocenters. The molecule has 0 aliphatic rings. The van der Waals surface area contributed by atoms with E-state index in [4.69, 9.17) is 10.9 Å². The van der Waals surface area contributed by atoms with Crippen LogP contribution in [0.5, 0.6) is 0 Å². The largest absolute Gasteiger partial charge is 0.409 e. The van der Waals surface area contributed by atoms with E-state index in [2.05, 4.69) is 15.1 Å². The average molecular weight is 212 g/mol. The van der Waals surface area contributed by atoms with Gasteiger partial charge in [-0.2, -0.15) is 0 Å². The number of hydrogen-bond acceptors (Lipinski definition) is 5. The minimum atomic E-state index is 0.272. The molecule has 0 fully saturated rings. The van der Waals surface area contributed by atoms with E-state index in [0.717, 1.165) is 17.2 Å². The molecular weight excluding hydrogens is 200 g/mol. The maximum Gasteiger partial charge on any atom is 0.139 e. The summed E-state index contributed by atoms with van der Waals surface area (Å²) in [5, 5.41) is 12.1. The molecule has 0 aliphatic carbocycles. The highest BCUT2D eigenvalue weighted by Gasteiger charge is 1.96. The van der Waals surface area contributed by atoms with Gasteiger partial charge in [0, 0.05) is 12.6 Å². The van der Waals surface area contributed by atoms with Crippen LogP contribution in [-0.4, -0.2) is 26.8 Å². The lowest BCUT2D eigenvalue weighted by Gasteiger charge is -1.99. The molecule has 0 bridgehead atoms. The van der Waals surface area contributed by atoms with Gasteiger partial charge >= 0.3 is 0 Å². The van der Waals surface area contributed by atoms with Crippen LogP contribution in [0, 0.1) is 0 Å². The van der Waals surface area contributed by atoms with Crippen molar-refractivity contribution in [3.63, 3.8) is 0 Å². The fourth-order valence-electron chi connectivity index (χ4n) is 0.844. The molecule has 0 aliphatic heterocycles. The predicted octanol–water partition coefficient (Wildman–Crippen LogP) is 1.10. The van der Waals surface area contributed by atoms with Crippen LogP contribution in [0.1, 0.15) is 12.8 Å². The summed E-state index contributed by atoms with van der Waals surface area (Å²) in [5.74, 6) is 1.17. The van der Waals surface area contributed by atoms with E-state index in [9.17, 15) is 0 Å². The summed E-state index contributed by atoms with van der Waals surface area (Å²) in [4.78, 5) is 7.88. The van der Waals surface area contributed by atoms with Gasteiger partial charge in [0.2, 0.25) is 0 Å². The van der Waals surface area contributed by atoms with Crippen molar-refractivity contribution in [2.24, 2.45) is 10.9 Å². The Morgan fingerprint density at radius 2 is 2.50 bits per heavy atom. The van der Waals surface area contributed by atoms with Crippen molar-refractivity contribution in [2.45, 2.75) is 17.9 Å². The van der Waals surface area contributed by atoms with Crippen molar-refractivity contribution in [1.82, 2.24) is 9.97 Å². The van der Waals surface area contributed by atoms with E-state index < -0.39 is 0 Å². The monoisotopic (exact) mass is 212 g/mol. The first-order chi connectivity index (χ1) is 6.83. The smallest absolute Gasteiger partial charge is 0.139 e. The summed E-state index contributed by atoms with van der Waals surface area (Å²) in [5.41, 5.74) is 5.32. The summed E-state index contributed by atoms with van der Waals surface area (Å²) < 4.78 is 0. The molecule has 0 amide bonds. The molecule has 6 heteroatoms. The molecule has 0 unspecified atom stereocenters. The van der Waals surface area contributed by atoms with Crippen LogP contribution in [-0.2, 0) is 0 Å². The Bertz CT molecular complexity index is 291. The summed E-state index contributed by atoms with van der Waals surface area (Å²) >= 11 is 1.63. The average Bonchev–Trinajstić information content (AvgIpc) is 2.25. The second-order valence-electron chi connectivity index (χ2n) is 2.59. The Hall–Kier alpha value is -1.30. The van der Waals surface area contributed by atoms with Crippen LogP contribution < -0.4 is 5.73 Å². The first kappa shape index (κ1) is 10.8. The third kappa shape index (κ3) is 4.08. The van der Waals surface area contributed by atoms with Crippen molar-refractivity contribution in [1.29, 1.82) is 0 Å². The van der Waals surface area contributed by atoms with Gasteiger partial charge in [0.05, 0.1) is 5.03 Å². The third-order valence-corrected chi connectivity index (χ3v) is 2.54. The normalized spacial score (nSPS) is 11.6. The van der Waals surface area contributed by atoms with Crippen LogP contribution in [0.15, 0.2) is 28.8 Å². The van der Waals surface area contributed by atoms with Crippen molar-refractivity contribution >= 4 is 17.6 Å². The lowest BCUT2D eigenvalue weighted by molar-refractivity contribution is 0.317. The highest BCUT2D eigenvalue weighted by atomic mass is 32.2. The SMILES string of the molecule is NC(CCCSc1ccncn1)=NO. The van der Waals surface area contributed by atoms with E-state index in [1.54, 1.807) is 18.0 Å². The van der Waals surface area contributed by atoms with Gasteiger partial charge in [-0.3, -0.25) is 0 Å². The second-order valence-corrected chi connectivity index (χ2v) is 3.71. The van der Waals surface area contributed by atoms with Gasteiger partial charge in [0.15, 0.2) is 0 Å². The Morgan fingerprint density at radius 3 is 3.14 bits per heavy atom. The Kier molecular flexibility index (Phi) is 4.77. The molecule has 1 aromatic rings. The zero-order chi connectivity index (χ0) is 10.2. The molecule has 0 spiro atoms. The molecule has 0 radical (unpaired) electrons. The highest BCUT2D eigenvalue weighted by molar-refractivity contribution is 7.99. The fraction of sp³-hybridized carbons (Fsp3) is 0.375. The van der Waals surface area contributed by atoms with Crippen molar-refractivity contribution in [3.8, 4) is 0 Å². The Balaban J connectivity index is 2.17. The quantitative estimate of drug-likeness (QED) is 0.145. The minimum Gasteiger partial charge on any atom is -0.409 e. The lowest BCUT2D eigenvalue weighted by atomic mass is 10.3. The van der Waals surface area contributed by atoms with Crippen molar-refractivity contribution < 1.29 is 5.21 Å². The molecule has 14 heavy (non-hydrogen) atoms. The first-order valence-electron chi connectivity index (χ1n) is 4.18. The maximum absolute atomic E-state index is 8.29. The van der Waals surface area contributed by atoms with Gasteiger partial charge in [0.1, 0.15) is 12.2 Å². The van der Waals surface area contributed by atoms with Gasteiger partial charge in [-0.1, -0.05) is 5.16 Å². The number of aromatic nitrogens is 2. The summed E-state index contributed by atoms with van der Waals surface area (Å²) in [7, 11) is 0. The number of hydrogen-bond donors (Lipinski definition) is 2. The van der Waals surface area contributed by atoms with Crippen LogP contribution in [0.25, 0.3) is 0 Å². The van der Waals surface area contributed by atoms with E-state index in [-0.39, 0.29) is 5.84 Å². The van der Waals surface area contributed by atoms with Crippen molar-refractivity contribution in [3.05, 3.63) is 18.6 Å². The number of oxime groups is 1. The van der Waals surface area contributed by atoms with Crippen LogP contribution in [0.3, 0.4) is 0 Å². The van der Waals surface area contributed by atoms with Gasteiger partial charge < -0.3 is 10.9 Å². The number of nitrogens with two attached hydrogens (primary N) is 1. The highest BCUT2D eigenvalue weighted by Crippen LogP contribution is 2.14. The standard InChI is InChI=1S/C8H12N4OS/c9-7(12-13)2-1-5-14-8-3-4-10-6-11-8/h3-4,6,13H,1-2,5H2,(H2,9,12). The fourth-order valence-corrected chi connectivity index (χ4v) is 1.62. The van der Waals surface area contributed by atoms with Crippen LogP contribution >= 0.6 is 11.8 Å². The maximum atomic E-state index is 8.29. The van der Waals surface area contributed by atoms with Crippen LogP contribution in [0.4, 0.5) is 0 Å². The molecule has 76 valence electrons. The Labute approximate surface area is 86.4 Å². The van der Waals surface area contributed by atoms with E-state index in [1.165, 1.54) is 6.33 Å². The van der Waals surface area contributed by atoms with Gasteiger partial charge in [-0.25, -0.2) is 9.97 Å². The molecule has 1 heterocycles. The zero-order valence-electron chi connectivity index (χ0n) is 7.63. The van der Waals surface area contributed by atoms with E-state index >= 15 is 0 Å². The zero-order valence-corrected chi connectivity index (χ0v) is 8.44.